The number of nitrogens with zero attached hydrogens (tertiary/aromatic N) is 1. The number of oxime groups is 1. The molecule has 0 aromatic heterocycles. The number of hydrogen-bond acceptors (Lipinski definition) is 10. The van der Waals surface area contributed by atoms with Crippen molar-refractivity contribution in [2.45, 2.75) is 67.6 Å². The molecule has 1 saturated carbocycles. The molecule has 3 aromatic carbocycles. The molecule has 0 amide bonds. The lowest BCUT2D eigenvalue weighted by Gasteiger charge is -2.19. The van der Waals surface area contributed by atoms with Crippen LogP contribution in [0.3, 0.4) is 0 Å². The van der Waals surface area contributed by atoms with Crippen molar-refractivity contribution in [3.8, 4) is 0 Å². The van der Waals surface area contributed by atoms with E-state index in [0.717, 1.165) is 35.3 Å². The summed E-state index contributed by atoms with van der Waals surface area (Å²) >= 11 is 14.9. The Morgan fingerprint density at radius 1 is 0.980 bits per heavy atom. The Labute approximate surface area is 317 Å². The second-order valence-corrected chi connectivity index (χ2v) is 15.2. The Balaban J connectivity index is 1.43. The number of benzene rings is 3. The lowest BCUT2D eigenvalue weighted by molar-refractivity contribution is -0.149. The van der Waals surface area contributed by atoms with Gasteiger partial charge in [0, 0.05) is 63.3 Å². The molecule has 1 aliphatic carbocycles. The van der Waals surface area contributed by atoms with Crippen LogP contribution >= 0.6 is 46.7 Å². The summed E-state index contributed by atoms with van der Waals surface area (Å²) < 4.78 is 0. The average Bonchev–Trinajstić information content (AvgIpc) is 3.95. The van der Waals surface area contributed by atoms with Crippen molar-refractivity contribution in [1.82, 2.24) is 5.48 Å². The number of carbonyl (C=O) groups is 3. The van der Waals surface area contributed by atoms with Crippen molar-refractivity contribution in [3.05, 3.63) is 124 Å². The first-order valence-electron chi connectivity index (χ1n) is 16.5. The molecule has 2 atom stereocenters. The molecule has 1 unspecified atom stereocenters. The zero-order chi connectivity index (χ0) is 36.8. The second-order valence-electron chi connectivity index (χ2n) is 12.0. The van der Waals surface area contributed by atoms with Crippen LogP contribution in [0.5, 0.6) is 0 Å². The van der Waals surface area contributed by atoms with E-state index in [1.807, 2.05) is 72.8 Å². The summed E-state index contributed by atoms with van der Waals surface area (Å²) in [5.74, 6) is 0.180. The highest BCUT2D eigenvalue weighted by Crippen LogP contribution is 2.53. The average molecular weight is 767 g/mol. The Morgan fingerprint density at radius 3 is 2.16 bits per heavy atom. The van der Waals surface area contributed by atoms with E-state index in [4.69, 9.17) is 38.3 Å². The molecular weight excluding hydrogens is 725 g/mol. The smallest absolute Gasteiger partial charge is 0.321 e. The summed E-state index contributed by atoms with van der Waals surface area (Å²) in [5.41, 5.74) is 7.32. The number of hydrogen-bond donors (Lipinski definition) is 2. The molecule has 0 radical (unpaired) electrons. The van der Waals surface area contributed by atoms with E-state index in [-0.39, 0.29) is 33.8 Å². The predicted molar refractivity (Wildman–Crippen MR) is 210 cm³/mol. The van der Waals surface area contributed by atoms with Gasteiger partial charge in [0.1, 0.15) is 11.8 Å². The van der Waals surface area contributed by atoms with Gasteiger partial charge >= 0.3 is 5.97 Å². The van der Waals surface area contributed by atoms with Crippen LogP contribution in [-0.4, -0.2) is 51.9 Å². The van der Waals surface area contributed by atoms with Crippen molar-refractivity contribution in [1.29, 1.82) is 5.41 Å². The monoisotopic (exact) mass is 765 g/mol. The third kappa shape index (κ3) is 11.9. The van der Waals surface area contributed by atoms with Gasteiger partial charge < -0.3 is 9.68 Å². The minimum atomic E-state index is -0.712. The van der Waals surface area contributed by atoms with Crippen LogP contribution in [0.2, 0.25) is 5.02 Å². The Kier molecular flexibility index (Phi) is 15.6. The molecule has 3 aromatic rings. The van der Waals surface area contributed by atoms with E-state index in [1.165, 1.54) is 19.4 Å². The largest absolute Gasteiger partial charge is 0.370 e. The highest BCUT2D eigenvalue weighted by molar-refractivity contribution is 8.00. The van der Waals surface area contributed by atoms with Crippen LogP contribution in [0.15, 0.2) is 107 Å². The fourth-order valence-electron chi connectivity index (χ4n) is 5.40. The van der Waals surface area contributed by atoms with Crippen molar-refractivity contribution in [2.24, 2.45) is 5.16 Å². The normalized spacial score (nSPS) is 14.8. The molecule has 0 aliphatic heterocycles. The van der Waals surface area contributed by atoms with Crippen molar-refractivity contribution < 1.29 is 24.1 Å². The minimum Gasteiger partial charge on any atom is -0.370 e. The summed E-state index contributed by atoms with van der Waals surface area (Å²) in [6, 6.07) is 21.9. The molecule has 0 spiro atoms. The molecular formula is C39H41Cl2N3O5S2. The molecule has 268 valence electrons. The standard InChI is InChI=1S/C39H41Cl2N3O5S2/c1-4-33(6-5-23-40)50-24-19-35(43-48-26(2)42)37(46)28-7-11-30(12-8-28)39(21-22-39)31-13-9-29(10-14-31)38(47)36(44-49-27(3)45)20-25-51-34-17-15-32(41)16-18-34/h4-5,7-18,23,33,36,42,44H,1,6,19-22,24-25H2,2-3H3/b23-5+,42-26?,43-35+/t33-,36?/m1/s1. The van der Waals surface area contributed by atoms with Crippen molar-refractivity contribution in [3.63, 3.8) is 0 Å². The highest BCUT2D eigenvalue weighted by Gasteiger charge is 2.45. The number of allylic oxidation sites excluding steroid dienone is 1. The van der Waals surface area contributed by atoms with Gasteiger partial charge in [-0.05, 0) is 66.8 Å². The molecule has 4 rings (SSSR count). The van der Waals surface area contributed by atoms with Crippen LogP contribution in [0, 0.1) is 5.41 Å². The lowest BCUT2D eigenvalue weighted by Crippen LogP contribution is -2.38. The maximum absolute atomic E-state index is 13.5. The molecule has 0 saturated heterocycles. The molecule has 51 heavy (non-hydrogen) atoms. The SMILES string of the molecule is C=C[C@H](C/C=C/Cl)SCC/C(=N\OC(C)=N)C(=O)c1ccc(C2(c3ccc(C(=O)C(CCSc4ccc(Cl)cc4)NOC(C)=O)cc3)CC2)cc1. The summed E-state index contributed by atoms with van der Waals surface area (Å²) in [6.45, 7) is 6.62. The first-order chi connectivity index (χ1) is 24.6. The van der Waals surface area contributed by atoms with E-state index >= 15 is 0 Å². The number of rotatable bonds is 20. The van der Waals surface area contributed by atoms with E-state index in [2.05, 4.69) is 17.2 Å². The van der Waals surface area contributed by atoms with Crippen molar-refractivity contribution >= 4 is 75.9 Å². The Morgan fingerprint density at radius 2 is 1.61 bits per heavy atom. The summed E-state index contributed by atoms with van der Waals surface area (Å²) in [5, 5.41) is 12.4. The van der Waals surface area contributed by atoms with E-state index < -0.39 is 12.0 Å². The maximum atomic E-state index is 13.5. The zero-order valence-corrected chi connectivity index (χ0v) is 31.7. The Hall–Kier alpha value is -3.67. The quantitative estimate of drug-likeness (QED) is 0.0292. The molecule has 12 heteroatoms. The first-order valence-corrected chi connectivity index (χ1v) is 19.3. The van der Waals surface area contributed by atoms with E-state index in [1.54, 1.807) is 35.7 Å². The molecule has 2 N–H and O–H groups in total. The highest BCUT2D eigenvalue weighted by atomic mass is 35.5. The summed E-state index contributed by atoms with van der Waals surface area (Å²) in [6.07, 6.45) is 7.11. The minimum absolute atomic E-state index is 0.104. The van der Waals surface area contributed by atoms with Gasteiger partial charge in [0.2, 0.25) is 11.7 Å². The topological polar surface area (TPSA) is 118 Å². The number of hydroxylamine groups is 1. The number of Topliss-reactive ketones (excluding diaryl/α,β-unsaturated/α-hetero) is 2. The fraction of sp³-hybridized carbons (Fsp3) is 0.308. The number of halogens is 2. The lowest BCUT2D eigenvalue weighted by atomic mass is 9.86. The predicted octanol–water partition coefficient (Wildman–Crippen LogP) is 9.59. The molecule has 0 heterocycles. The number of ketones is 2. The van der Waals surface area contributed by atoms with E-state index in [9.17, 15) is 14.4 Å². The van der Waals surface area contributed by atoms with Gasteiger partial charge in [0.15, 0.2) is 5.78 Å². The van der Waals surface area contributed by atoms with Gasteiger partial charge in [0.25, 0.3) is 0 Å². The van der Waals surface area contributed by atoms with Gasteiger partial charge in [-0.2, -0.15) is 11.8 Å². The number of nitrogens with one attached hydrogen (secondary N) is 2. The van der Waals surface area contributed by atoms with Crippen LogP contribution in [-0.2, 0) is 19.9 Å². The van der Waals surface area contributed by atoms with Crippen LogP contribution in [0.1, 0.15) is 77.8 Å². The van der Waals surface area contributed by atoms with Gasteiger partial charge in [0.05, 0.1) is 0 Å². The fourth-order valence-corrected chi connectivity index (χ4v) is 7.55. The van der Waals surface area contributed by atoms with Crippen LogP contribution in [0.4, 0.5) is 0 Å². The second kappa shape index (κ2) is 19.8. The van der Waals surface area contributed by atoms with Gasteiger partial charge in [-0.15, -0.1) is 23.8 Å². The molecule has 1 fully saturated rings. The van der Waals surface area contributed by atoms with Gasteiger partial charge in [-0.3, -0.25) is 19.8 Å². The first kappa shape index (κ1) is 40.1. The molecule has 1 aliphatic rings. The van der Waals surface area contributed by atoms with Crippen LogP contribution in [0.25, 0.3) is 0 Å². The third-order valence-corrected chi connectivity index (χ3v) is 11.0. The van der Waals surface area contributed by atoms with Crippen molar-refractivity contribution in [2.75, 3.05) is 11.5 Å². The third-order valence-electron chi connectivity index (χ3n) is 8.27. The zero-order valence-electron chi connectivity index (χ0n) is 28.5. The van der Waals surface area contributed by atoms with Gasteiger partial charge in [-0.25, -0.2) is 0 Å². The van der Waals surface area contributed by atoms with E-state index in [0.29, 0.717) is 40.5 Å². The van der Waals surface area contributed by atoms with Gasteiger partial charge in [-0.1, -0.05) is 89.0 Å². The summed E-state index contributed by atoms with van der Waals surface area (Å²) in [7, 11) is 0. The number of carbonyl (C=O) groups excluding carboxylic acids is 3. The summed E-state index contributed by atoms with van der Waals surface area (Å²) in [4.78, 5) is 49.7. The maximum Gasteiger partial charge on any atom is 0.321 e. The Bertz CT molecular complexity index is 1740. The molecule has 8 nitrogen and oxygen atoms in total. The van der Waals surface area contributed by atoms with Crippen LogP contribution < -0.4 is 5.48 Å². The molecule has 0 bridgehead atoms. The number of thioether (sulfide) groups is 2.